The van der Waals surface area contributed by atoms with Gasteiger partial charge in [-0.2, -0.15) is 4.98 Å². The van der Waals surface area contributed by atoms with Gasteiger partial charge in [0.05, 0.1) is 4.90 Å². The number of hydrogen-bond acceptors (Lipinski definition) is 7. The van der Waals surface area contributed by atoms with E-state index in [1.54, 1.807) is 30.5 Å². The van der Waals surface area contributed by atoms with Crippen molar-refractivity contribution in [1.29, 1.82) is 0 Å². The Balaban J connectivity index is 1.69. The molecule has 2 heterocycles. The van der Waals surface area contributed by atoms with Gasteiger partial charge in [-0.25, -0.2) is 17.7 Å². The lowest BCUT2D eigenvalue weighted by atomic mass is 10.2. The van der Waals surface area contributed by atoms with E-state index in [0.29, 0.717) is 24.1 Å². The van der Waals surface area contributed by atoms with Crippen molar-refractivity contribution in [1.82, 2.24) is 19.4 Å². The average Bonchev–Trinajstić information content (AvgIpc) is 3.17. The number of pyridine rings is 1. The first kappa shape index (κ1) is 20.0. The third-order valence-corrected chi connectivity index (χ3v) is 5.97. The molecule has 8 nitrogen and oxygen atoms in total. The van der Waals surface area contributed by atoms with Crippen LogP contribution >= 0.6 is 0 Å². The van der Waals surface area contributed by atoms with Crippen LogP contribution < -0.4 is 5.32 Å². The largest absolute Gasteiger partial charge is 0.366 e. The Morgan fingerprint density at radius 2 is 1.86 bits per heavy atom. The Bertz CT molecular complexity index is 1040. The molecule has 0 saturated heterocycles. The van der Waals surface area contributed by atoms with Crippen LogP contribution in [0.2, 0.25) is 0 Å². The lowest BCUT2D eigenvalue weighted by molar-refractivity contribution is 0.419. The fraction of sp³-hybridized carbons (Fsp3) is 0.316. The smallest absolute Gasteiger partial charge is 0.258 e. The summed E-state index contributed by atoms with van der Waals surface area (Å²) in [7, 11) is -0.402. The highest BCUT2D eigenvalue weighted by molar-refractivity contribution is 7.89. The molecule has 0 bridgehead atoms. The van der Waals surface area contributed by atoms with Gasteiger partial charge in [0.1, 0.15) is 5.82 Å². The molecular weight excluding hydrogens is 378 g/mol. The molecule has 28 heavy (non-hydrogen) atoms. The third-order valence-electron chi connectivity index (χ3n) is 4.14. The summed E-state index contributed by atoms with van der Waals surface area (Å²) in [6, 6.07) is 10.4. The molecule has 1 aromatic carbocycles. The molecule has 9 heteroatoms. The topological polar surface area (TPSA) is 101 Å². The van der Waals surface area contributed by atoms with Crippen LogP contribution in [0.1, 0.15) is 31.2 Å². The Hall–Kier alpha value is -2.78. The molecule has 0 aliphatic carbocycles. The van der Waals surface area contributed by atoms with Crippen molar-refractivity contribution in [3.63, 3.8) is 0 Å². The molecule has 0 amide bonds. The van der Waals surface area contributed by atoms with Gasteiger partial charge in [0.15, 0.2) is 5.82 Å². The van der Waals surface area contributed by atoms with E-state index in [-0.39, 0.29) is 10.8 Å². The van der Waals surface area contributed by atoms with E-state index in [4.69, 9.17) is 4.52 Å². The molecule has 0 spiro atoms. The first-order chi connectivity index (χ1) is 13.3. The highest BCUT2D eigenvalue weighted by Gasteiger charge is 2.16. The van der Waals surface area contributed by atoms with Crippen LogP contribution in [0.4, 0.5) is 5.82 Å². The zero-order valence-corrected chi connectivity index (χ0v) is 17.1. The fourth-order valence-electron chi connectivity index (χ4n) is 2.43. The lowest BCUT2D eigenvalue weighted by Gasteiger charge is -2.12. The zero-order valence-electron chi connectivity index (χ0n) is 16.2. The van der Waals surface area contributed by atoms with E-state index in [1.807, 2.05) is 26.0 Å². The zero-order chi connectivity index (χ0) is 20.3. The van der Waals surface area contributed by atoms with Crippen molar-refractivity contribution < 1.29 is 12.9 Å². The van der Waals surface area contributed by atoms with Crippen molar-refractivity contribution >= 4 is 15.8 Å². The van der Waals surface area contributed by atoms with Gasteiger partial charge in [-0.1, -0.05) is 31.1 Å². The maximum atomic E-state index is 12.1. The van der Waals surface area contributed by atoms with Crippen LogP contribution in [0, 0.1) is 0 Å². The summed E-state index contributed by atoms with van der Waals surface area (Å²) >= 11 is 0. The van der Waals surface area contributed by atoms with E-state index in [0.717, 1.165) is 11.1 Å². The maximum absolute atomic E-state index is 12.1. The van der Waals surface area contributed by atoms with Gasteiger partial charge in [-0.05, 0) is 29.8 Å². The first-order valence-electron chi connectivity index (χ1n) is 8.82. The van der Waals surface area contributed by atoms with E-state index in [2.05, 4.69) is 20.4 Å². The van der Waals surface area contributed by atoms with E-state index in [1.165, 1.54) is 18.4 Å². The number of hydrogen-bond donors (Lipinski definition) is 1. The van der Waals surface area contributed by atoms with Gasteiger partial charge in [0.2, 0.25) is 10.0 Å². The summed E-state index contributed by atoms with van der Waals surface area (Å²) in [5.74, 6) is 1.96. The Morgan fingerprint density at radius 3 is 2.46 bits per heavy atom. The van der Waals surface area contributed by atoms with Gasteiger partial charge in [-0.15, -0.1) is 0 Å². The SMILES string of the molecule is CC(C)c1noc(-c2ccnc(NCc3ccc(S(=O)(=O)N(C)C)cc3)c2)n1. The van der Waals surface area contributed by atoms with Gasteiger partial charge < -0.3 is 9.84 Å². The second kappa shape index (κ2) is 8.07. The summed E-state index contributed by atoms with van der Waals surface area (Å²) in [4.78, 5) is 8.95. The molecule has 0 fully saturated rings. The van der Waals surface area contributed by atoms with Crippen LogP contribution in [-0.4, -0.2) is 41.9 Å². The molecule has 0 aliphatic heterocycles. The van der Waals surface area contributed by atoms with E-state index >= 15 is 0 Å². The Morgan fingerprint density at radius 1 is 1.14 bits per heavy atom. The van der Waals surface area contributed by atoms with Crippen molar-refractivity contribution in [2.24, 2.45) is 0 Å². The molecule has 0 unspecified atom stereocenters. The fourth-order valence-corrected chi connectivity index (χ4v) is 3.33. The summed E-state index contributed by atoms with van der Waals surface area (Å²) in [6.45, 7) is 4.51. The normalized spacial score (nSPS) is 11.9. The molecule has 3 rings (SSSR count). The predicted octanol–water partition coefficient (Wildman–Crippen LogP) is 3.12. The summed E-state index contributed by atoms with van der Waals surface area (Å²) in [6.07, 6.45) is 1.67. The minimum absolute atomic E-state index is 0.191. The third kappa shape index (κ3) is 4.37. The van der Waals surface area contributed by atoms with Crippen LogP contribution in [0.25, 0.3) is 11.5 Å². The average molecular weight is 401 g/mol. The summed E-state index contributed by atoms with van der Waals surface area (Å²) in [5.41, 5.74) is 1.72. The minimum Gasteiger partial charge on any atom is -0.366 e. The molecule has 1 N–H and O–H groups in total. The number of aromatic nitrogens is 3. The maximum Gasteiger partial charge on any atom is 0.258 e. The standard InChI is InChI=1S/C19H23N5O3S/c1-13(2)18-22-19(27-23-18)15-9-10-20-17(11-15)21-12-14-5-7-16(8-6-14)28(25,26)24(3)4/h5-11,13H,12H2,1-4H3,(H,20,21). The monoisotopic (exact) mass is 401 g/mol. The Labute approximate surface area is 164 Å². The first-order valence-corrected chi connectivity index (χ1v) is 10.3. The van der Waals surface area contributed by atoms with Gasteiger partial charge in [0.25, 0.3) is 5.89 Å². The number of benzene rings is 1. The quantitative estimate of drug-likeness (QED) is 0.649. The van der Waals surface area contributed by atoms with E-state index < -0.39 is 10.0 Å². The minimum atomic E-state index is -3.42. The molecule has 2 aromatic heterocycles. The highest BCUT2D eigenvalue weighted by Crippen LogP contribution is 2.22. The number of nitrogens with one attached hydrogen (secondary N) is 1. The van der Waals surface area contributed by atoms with Gasteiger partial charge >= 0.3 is 0 Å². The predicted molar refractivity (Wildman–Crippen MR) is 106 cm³/mol. The van der Waals surface area contributed by atoms with Crippen LogP contribution in [0.3, 0.4) is 0 Å². The van der Waals surface area contributed by atoms with Gasteiger partial charge in [0, 0.05) is 38.3 Å². The van der Waals surface area contributed by atoms with E-state index in [9.17, 15) is 8.42 Å². The van der Waals surface area contributed by atoms with Crippen molar-refractivity contribution in [2.75, 3.05) is 19.4 Å². The van der Waals surface area contributed by atoms with Crippen LogP contribution in [-0.2, 0) is 16.6 Å². The Kier molecular flexibility index (Phi) is 5.76. The number of anilines is 1. The summed E-state index contributed by atoms with van der Waals surface area (Å²) < 4.78 is 30.7. The molecular formula is C19H23N5O3S. The highest BCUT2D eigenvalue weighted by atomic mass is 32.2. The molecule has 0 atom stereocenters. The summed E-state index contributed by atoms with van der Waals surface area (Å²) in [5, 5.41) is 7.20. The van der Waals surface area contributed by atoms with Crippen LogP contribution in [0.5, 0.6) is 0 Å². The number of nitrogens with zero attached hydrogens (tertiary/aromatic N) is 4. The lowest BCUT2D eigenvalue weighted by Crippen LogP contribution is -2.22. The number of sulfonamides is 1. The molecule has 0 aliphatic rings. The molecule has 0 saturated carbocycles. The van der Waals surface area contributed by atoms with Crippen molar-refractivity contribution in [2.45, 2.75) is 31.2 Å². The van der Waals surface area contributed by atoms with Crippen LogP contribution in [0.15, 0.2) is 52.0 Å². The molecule has 148 valence electrons. The van der Waals surface area contributed by atoms with Crippen molar-refractivity contribution in [3.05, 3.63) is 54.0 Å². The van der Waals surface area contributed by atoms with Crippen molar-refractivity contribution in [3.8, 4) is 11.5 Å². The van der Waals surface area contributed by atoms with Gasteiger partial charge in [-0.3, -0.25) is 0 Å². The number of rotatable bonds is 7. The second-order valence-electron chi connectivity index (χ2n) is 6.83. The molecule has 0 radical (unpaired) electrons. The molecule has 3 aromatic rings. The second-order valence-corrected chi connectivity index (χ2v) is 8.98.